The van der Waals surface area contributed by atoms with E-state index in [0.29, 0.717) is 10.7 Å². The molecule has 0 saturated carbocycles. The van der Waals surface area contributed by atoms with E-state index in [9.17, 15) is 18.3 Å². The van der Waals surface area contributed by atoms with Crippen LogP contribution in [0.4, 0.5) is 5.69 Å². The zero-order valence-electron chi connectivity index (χ0n) is 16.3. The third-order valence-electron chi connectivity index (χ3n) is 4.36. The molecule has 2 aromatic carbocycles. The van der Waals surface area contributed by atoms with Crippen LogP contribution in [-0.2, 0) is 27.0 Å². The van der Waals surface area contributed by atoms with Crippen LogP contribution in [0.5, 0.6) is 0 Å². The van der Waals surface area contributed by atoms with Gasteiger partial charge in [-0.1, -0.05) is 29.3 Å². The molecular weight excluding hydrogens is 465 g/mol. The lowest BCUT2D eigenvalue weighted by atomic mass is 9.94. The highest BCUT2D eigenvalue weighted by atomic mass is 35.5. The van der Waals surface area contributed by atoms with E-state index < -0.39 is 22.2 Å². The summed E-state index contributed by atoms with van der Waals surface area (Å²) in [6.45, 7) is 0.840. The summed E-state index contributed by atoms with van der Waals surface area (Å²) in [5, 5.41) is 18.5. The third-order valence-corrected chi connectivity index (χ3v) is 6.33. The molecule has 3 aromatic rings. The molecule has 1 aromatic heterocycles. The van der Waals surface area contributed by atoms with Crippen molar-refractivity contribution in [1.82, 2.24) is 19.5 Å². The van der Waals surface area contributed by atoms with E-state index in [4.69, 9.17) is 23.2 Å². The summed E-state index contributed by atoms with van der Waals surface area (Å²) < 4.78 is 29.3. The van der Waals surface area contributed by atoms with Gasteiger partial charge in [0.2, 0.25) is 15.9 Å². The van der Waals surface area contributed by atoms with Gasteiger partial charge in [-0.05, 0) is 36.4 Å². The Kier molecular flexibility index (Phi) is 6.97. The second-order valence-electron chi connectivity index (χ2n) is 6.78. The Morgan fingerprint density at radius 3 is 2.48 bits per heavy atom. The molecule has 3 rings (SSSR count). The Morgan fingerprint density at radius 1 is 1.19 bits per heavy atom. The normalized spacial score (nSPS) is 13.5. The van der Waals surface area contributed by atoms with Crippen molar-refractivity contribution in [2.45, 2.75) is 24.0 Å². The van der Waals surface area contributed by atoms with Crippen molar-refractivity contribution in [3.05, 3.63) is 70.7 Å². The number of carbonyl (C=O) groups excluding carboxylic acids is 1. The molecule has 0 aliphatic carbocycles. The maximum atomic E-state index is 12.8. The Hall–Kier alpha value is -2.50. The van der Waals surface area contributed by atoms with Gasteiger partial charge in [0.1, 0.15) is 18.3 Å². The van der Waals surface area contributed by atoms with Crippen LogP contribution < -0.4 is 10.0 Å². The van der Waals surface area contributed by atoms with Gasteiger partial charge in [0.05, 0.1) is 11.4 Å². The highest BCUT2D eigenvalue weighted by Crippen LogP contribution is 2.32. The molecule has 164 valence electrons. The number of halogens is 2. The largest absolute Gasteiger partial charge is 0.382 e. The Balaban J connectivity index is 1.86. The molecule has 3 N–H and O–H groups in total. The minimum Gasteiger partial charge on any atom is -0.382 e. The Bertz CT molecular complexity index is 1170. The molecule has 1 heterocycles. The van der Waals surface area contributed by atoms with Crippen molar-refractivity contribution < 1.29 is 18.3 Å². The molecule has 1 amide bonds. The van der Waals surface area contributed by atoms with Gasteiger partial charge in [-0.15, -0.1) is 0 Å². The number of anilines is 1. The van der Waals surface area contributed by atoms with Gasteiger partial charge >= 0.3 is 0 Å². The predicted octanol–water partition coefficient (Wildman–Crippen LogP) is 2.41. The lowest BCUT2D eigenvalue weighted by Gasteiger charge is -2.29. The van der Waals surface area contributed by atoms with Crippen LogP contribution in [0.3, 0.4) is 0 Å². The van der Waals surface area contributed by atoms with Crippen molar-refractivity contribution in [1.29, 1.82) is 0 Å². The first-order valence-corrected chi connectivity index (χ1v) is 11.2. The molecule has 0 saturated heterocycles. The summed E-state index contributed by atoms with van der Waals surface area (Å²) in [5.74, 6) is -0.272. The number of amides is 1. The SMILES string of the molecule is CC(=O)Nc1ccc(S(=O)(=O)NCC(O)(Cn2cncn2)c2ccc(Cl)cc2Cl)cc1. The van der Waals surface area contributed by atoms with Crippen LogP contribution in [0.2, 0.25) is 10.0 Å². The number of aromatic nitrogens is 3. The molecule has 1 unspecified atom stereocenters. The lowest BCUT2D eigenvalue weighted by Crippen LogP contribution is -2.44. The van der Waals surface area contributed by atoms with Crippen molar-refractivity contribution in [3.63, 3.8) is 0 Å². The molecule has 0 radical (unpaired) electrons. The number of nitrogens with zero attached hydrogens (tertiary/aromatic N) is 3. The van der Waals surface area contributed by atoms with Gasteiger partial charge in [-0.25, -0.2) is 22.8 Å². The summed E-state index contributed by atoms with van der Waals surface area (Å²) in [5.41, 5.74) is -1.02. The first-order chi connectivity index (χ1) is 14.6. The second kappa shape index (κ2) is 9.33. The molecule has 0 fully saturated rings. The van der Waals surface area contributed by atoms with Crippen LogP contribution in [0.25, 0.3) is 0 Å². The quantitative estimate of drug-likeness (QED) is 0.451. The van der Waals surface area contributed by atoms with E-state index in [1.54, 1.807) is 6.07 Å². The summed E-state index contributed by atoms with van der Waals surface area (Å²) >= 11 is 12.2. The Morgan fingerprint density at radius 2 is 1.90 bits per heavy atom. The molecular formula is C19H19Cl2N5O4S. The third kappa shape index (κ3) is 5.81. The zero-order valence-corrected chi connectivity index (χ0v) is 18.6. The first-order valence-electron chi connectivity index (χ1n) is 8.97. The van der Waals surface area contributed by atoms with Crippen molar-refractivity contribution in [3.8, 4) is 0 Å². The van der Waals surface area contributed by atoms with Crippen molar-refractivity contribution >= 4 is 44.8 Å². The fourth-order valence-corrected chi connectivity index (χ4v) is 4.58. The number of hydrogen-bond donors (Lipinski definition) is 3. The van der Waals surface area contributed by atoms with Crippen LogP contribution in [-0.4, -0.2) is 40.7 Å². The second-order valence-corrected chi connectivity index (χ2v) is 9.39. The van der Waals surface area contributed by atoms with E-state index in [1.165, 1.54) is 60.7 Å². The molecule has 1 atom stereocenters. The monoisotopic (exact) mass is 483 g/mol. The molecule has 12 heteroatoms. The number of nitrogens with one attached hydrogen (secondary N) is 2. The van der Waals surface area contributed by atoms with E-state index in [1.807, 2.05) is 0 Å². The highest BCUT2D eigenvalue weighted by molar-refractivity contribution is 7.89. The fraction of sp³-hybridized carbons (Fsp3) is 0.211. The van der Waals surface area contributed by atoms with E-state index >= 15 is 0 Å². The van der Waals surface area contributed by atoms with Gasteiger partial charge < -0.3 is 10.4 Å². The van der Waals surface area contributed by atoms with Crippen molar-refractivity contribution in [2.24, 2.45) is 0 Å². The van der Waals surface area contributed by atoms with E-state index in [2.05, 4.69) is 20.1 Å². The first kappa shape index (κ1) is 23.2. The van der Waals surface area contributed by atoms with Gasteiger partial charge in [0, 0.05) is 34.8 Å². The molecule has 0 spiro atoms. The molecule has 0 aliphatic heterocycles. The van der Waals surface area contributed by atoms with Crippen LogP contribution in [0, 0.1) is 0 Å². The number of carbonyl (C=O) groups is 1. The lowest BCUT2D eigenvalue weighted by molar-refractivity contribution is -0.114. The van der Waals surface area contributed by atoms with Gasteiger partial charge in [-0.3, -0.25) is 4.79 Å². The predicted molar refractivity (Wildman–Crippen MR) is 116 cm³/mol. The standard InChI is InChI=1S/C19H19Cl2N5O4S/c1-13(27)25-15-3-5-16(6-4-15)31(29,30)24-9-19(28,10-26-12-22-11-23-26)17-7-2-14(20)8-18(17)21/h2-8,11-12,24,28H,9-10H2,1H3,(H,25,27). The minimum atomic E-state index is -3.98. The average Bonchev–Trinajstić information content (AvgIpc) is 3.19. The Labute approximate surface area is 189 Å². The van der Waals surface area contributed by atoms with Gasteiger partial charge in [0.25, 0.3) is 0 Å². The van der Waals surface area contributed by atoms with E-state index in [0.717, 1.165) is 0 Å². The van der Waals surface area contributed by atoms with Gasteiger partial charge in [-0.2, -0.15) is 5.10 Å². The molecule has 9 nitrogen and oxygen atoms in total. The van der Waals surface area contributed by atoms with Crippen molar-refractivity contribution in [2.75, 3.05) is 11.9 Å². The van der Waals surface area contributed by atoms with Crippen LogP contribution >= 0.6 is 23.2 Å². The number of aliphatic hydroxyl groups is 1. The molecule has 0 aliphatic rings. The highest BCUT2D eigenvalue weighted by Gasteiger charge is 2.34. The number of rotatable bonds is 8. The zero-order chi connectivity index (χ0) is 22.6. The average molecular weight is 484 g/mol. The number of benzene rings is 2. The maximum absolute atomic E-state index is 12.8. The summed E-state index contributed by atoms with van der Waals surface area (Å²) in [7, 11) is -3.98. The smallest absolute Gasteiger partial charge is 0.240 e. The topological polar surface area (TPSA) is 126 Å². The summed E-state index contributed by atoms with van der Waals surface area (Å²) in [6, 6.07) is 10.2. The van der Waals surface area contributed by atoms with Crippen LogP contribution in [0.1, 0.15) is 12.5 Å². The number of hydrogen-bond acceptors (Lipinski definition) is 6. The van der Waals surface area contributed by atoms with E-state index in [-0.39, 0.29) is 27.9 Å². The number of sulfonamides is 1. The maximum Gasteiger partial charge on any atom is 0.240 e. The van der Waals surface area contributed by atoms with Gasteiger partial charge in [0.15, 0.2) is 0 Å². The van der Waals surface area contributed by atoms with Crippen LogP contribution in [0.15, 0.2) is 60.0 Å². The molecule has 31 heavy (non-hydrogen) atoms. The molecule has 0 bridgehead atoms. The fourth-order valence-electron chi connectivity index (χ4n) is 2.90. The summed E-state index contributed by atoms with van der Waals surface area (Å²) in [6.07, 6.45) is 2.69. The summed E-state index contributed by atoms with van der Waals surface area (Å²) in [4.78, 5) is 14.9. The minimum absolute atomic E-state index is 0.0353.